The molecule has 13 heteroatoms. The third-order valence-electron chi connectivity index (χ3n) is 9.01. The summed E-state index contributed by atoms with van der Waals surface area (Å²) in [5.41, 5.74) is 2.64. The molecule has 0 radical (unpaired) electrons. The third-order valence-corrected chi connectivity index (χ3v) is 10.8. The van der Waals surface area contributed by atoms with E-state index in [-0.39, 0.29) is 22.6 Å². The van der Waals surface area contributed by atoms with Crippen molar-refractivity contribution in [3.8, 4) is 5.69 Å². The summed E-state index contributed by atoms with van der Waals surface area (Å²) in [5.74, 6) is -0.537. The lowest BCUT2D eigenvalue weighted by molar-refractivity contribution is -0.165. The Morgan fingerprint density at radius 3 is 2.33 bits per heavy atom. The van der Waals surface area contributed by atoms with E-state index in [1.165, 1.54) is 19.2 Å². The Morgan fingerprint density at radius 1 is 1.14 bits per heavy atom. The number of hydrogen-bond donors (Lipinski definition) is 3. The Kier molecular flexibility index (Phi) is 10.0. The second kappa shape index (κ2) is 13.0. The van der Waals surface area contributed by atoms with Crippen LogP contribution in [0.5, 0.6) is 0 Å². The topological polar surface area (TPSA) is 148 Å². The SMILES string of the molecule is CCCCN1C(=O)[C@@H]([C@H](O)C(C)C)NC(=O)C12CCN(Cc1c(C)nn(-c3ccc(S(=O)(=O)N(C)CO)cc3)c1C)CC2. The molecule has 0 bridgehead atoms. The molecule has 2 atom stereocenters. The van der Waals surface area contributed by atoms with Gasteiger partial charge >= 0.3 is 0 Å². The quantitative estimate of drug-likeness (QED) is 0.321. The summed E-state index contributed by atoms with van der Waals surface area (Å²) in [6.07, 6.45) is 1.75. The molecule has 2 aromatic rings. The van der Waals surface area contributed by atoms with Crippen molar-refractivity contribution in [1.82, 2.24) is 29.2 Å². The minimum atomic E-state index is -3.78. The van der Waals surface area contributed by atoms with Gasteiger partial charge < -0.3 is 20.4 Å². The van der Waals surface area contributed by atoms with E-state index in [4.69, 9.17) is 5.10 Å². The molecular weight excluding hydrogens is 572 g/mol. The van der Waals surface area contributed by atoms with Crippen LogP contribution in [0, 0.1) is 19.8 Å². The zero-order chi connectivity index (χ0) is 31.7. The standard InChI is InChI=1S/C30H46N6O6S/c1-7-8-15-35-28(39)26(27(38)20(2)3)31-29(40)30(35)13-16-34(17-14-30)18-25-21(4)32-36(22(25)5)23-9-11-24(12-10-23)43(41,42)33(6)19-37/h9-12,20,26-27,37-38H,7-8,13-19H2,1-6H3,(H,31,40)/t26-,27-/m1/s1. The summed E-state index contributed by atoms with van der Waals surface area (Å²) in [7, 11) is -2.46. The molecule has 1 spiro atoms. The van der Waals surface area contributed by atoms with E-state index >= 15 is 0 Å². The lowest BCUT2D eigenvalue weighted by Crippen LogP contribution is -2.74. The van der Waals surface area contributed by atoms with Gasteiger partial charge in [-0.2, -0.15) is 9.40 Å². The number of aryl methyl sites for hydroxylation is 1. The summed E-state index contributed by atoms with van der Waals surface area (Å²) in [6, 6.07) is 5.47. The molecular formula is C30H46N6O6S. The van der Waals surface area contributed by atoms with Gasteiger partial charge in [-0.3, -0.25) is 14.5 Å². The molecule has 4 rings (SSSR count). The molecule has 2 amide bonds. The number of nitrogens with zero attached hydrogens (tertiary/aromatic N) is 5. The Hall–Kier alpha value is -2.84. The fraction of sp³-hybridized carbons (Fsp3) is 0.633. The van der Waals surface area contributed by atoms with Crippen LogP contribution in [0.25, 0.3) is 5.69 Å². The van der Waals surface area contributed by atoms with Crippen LogP contribution in [0.3, 0.4) is 0 Å². The van der Waals surface area contributed by atoms with E-state index in [9.17, 15) is 28.2 Å². The lowest BCUT2D eigenvalue weighted by Gasteiger charge is -2.52. The number of aliphatic hydroxyl groups excluding tert-OH is 2. The zero-order valence-corrected chi connectivity index (χ0v) is 26.9. The number of piperazine rings is 1. The number of carbonyl (C=O) groups excluding carboxylic acids is 2. The second-order valence-electron chi connectivity index (χ2n) is 12.1. The first-order valence-corrected chi connectivity index (χ1v) is 16.5. The molecule has 3 heterocycles. The number of aliphatic hydroxyl groups is 2. The number of carbonyl (C=O) groups is 2. The number of benzene rings is 1. The maximum atomic E-state index is 13.6. The van der Waals surface area contributed by atoms with Crippen molar-refractivity contribution in [2.75, 3.05) is 33.4 Å². The van der Waals surface area contributed by atoms with E-state index in [2.05, 4.69) is 17.1 Å². The Bertz CT molecular complexity index is 1420. The molecule has 43 heavy (non-hydrogen) atoms. The van der Waals surface area contributed by atoms with Crippen LogP contribution < -0.4 is 5.32 Å². The van der Waals surface area contributed by atoms with Gasteiger partial charge in [0.25, 0.3) is 0 Å². The summed E-state index contributed by atoms with van der Waals surface area (Å²) in [5, 5.41) is 27.5. The van der Waals surface area contributed by atoms with Gasteiger partial charge in [0.1, 0.15) is 18.3 Å². The van der Waals surface area contributed by atoms with Crippen molar-refractivity contribution in [2.45, 2.75) is 89.4 Å². The number of rotatable bonds is 11. The van der Waals surface area contributed by atoms with E-state index in [0.717, 1.165) is 39.8 Å². The van der Waals surface area contributed by atoms with Crippen LogP contribution in [0.1, 0.15) is 63.4 Å². The minimum Gasteiger partial charge on any atom is -0.390 e. The van der Waals surface area contributed by atoms with Gasteiger partial charge in [-0.15, -0.1) is 0 Å². The van der Waals surface area contributed by atoms with Crippen molar-refractivity contribution < 1.29 is 28.2 Å². The lowest BCUT2D eigenvalue weighted by atomic mass is 9.80. The fourth-order valence-electron chi connectivity index (χ4n) is 6.07. The molecule has 3 N–H and O–H groups in total. The van der Waals surface area contributed by atoms with Gasteiger partial charge in [-0.05, 0) is 63.3 Å². The molecule has 0 saturated carbocycles. The predicted octanol–water partition coefficient (Wildman–Crippen LogP) is 1.54. The number of amides is 2. The van der Waals surface area contributed by atoms with Crippen LogP contribution in [-0.4, -0.2) is 105 Å². The van der Waals surface area contributed by atoms with Gasteiger partial charge in [0.05, 0.1) is 22.4 Å². The smallest absolute Gasteiger partial charge is 0.248 e. The van der Waals surface area contributed by atoms with Gasteiger partial charge in [-0.1, -0.05) is 27.2 Å². The molecule has 2 fully saturated rings. The number of nitrogens with one attached hydrogen (secondary N) is 1. The molecule has 0 unspecified atom stereocenters. The number of aromatic nitrogens is 2. The third kappa shape index (κ3) is 6.23. The van der Waals surface area contributed by atoms with Crippen LogP contribution in [0.2, 0.25) is 0 Å². The highest BCUT2D eigenvalue weighted by Gasteiger charge is 2.54. The molecule has 0 aliphatic carbocycles. The maximum Gasteiger partial charge on any atom is 0.248 e. The van der Waals surface area contributed by atoms with E-state index < -0.39 is 34.4 Å². The molecule has 238 valence electrons. The Labute approximate surface area is 254 Å². The maximum absolute atomic E-state index is 13.6. The first-order chi connectivity index (χ1) is 20.3. The average molecular weight is 619 g/mol. The molecule has 1 aromatic heterocycles. The predicted molar refractivity (Wildman–Crippen MR) is 162 cm³/mol. The van der Waals surface area contributed by atoms with Crippen molar-refractivity contribution in [2.24, 2.45) is 5.92 Å². The largest absolute Gasteiger partial charge is 0.390 e. The van der Waals surface area contributed by atoms with Crippen molar-refractivity contribution in [3.63, 3.8) is 0 Å². The Balaban J connectivity index is 1.50. The minimum absolute atomic E-state index is 0.0834. The highest BCUT2D eigenvalue weighted by Crippen LogP contribution is 2.35. The molecule has 2 aliphatic heterocycles. The van der Waals surface area contributed by atoms with Crippen molar-refractivity contribution >= 4 is 21.8 Å². The summed E-state index contributed by atoms with van der Waals surface area (Å²) in [6.45, 7) is 11.4. The fourth-order valence-corrected chi connectivity index (χ4v) is 7.06. The van der Waals surface area contributed by atoms with E-state index in [1.54, 1.807) is 21.7 Å². The molecule has 1 aromatic carbocycles. The number of hydrogen-bond acceptors (Lipinski definition) is 8. The van der Waals surface area contributed by atoms with E-state index in [1.807, 2.05) is 27.7 Å². The van der Waals surface area contributed by atoms with Crippen LogP contribution in [-0.2, 0) is 26.2 Å². The summed E-state index contributed by atoms with van der Waals surface area (Å²) in [4.78, 5) is 31.3. The highest BCUT2D eigenvalue weighted by molar-refractivity contribution is 7.89. The first-order valence-electron chi connectivity index (χ1n) is 15.0. The normalized spacial score (nSPS) is 20.3. The monoisotopic (exact) mass is 618 g/mol. The van der Waals surface area contributed by atoms with Crippen molar-refractivity contribution in [3.05, 3.63) is 41.2 Å². The first kappa shape index (κ1) is 33.1. The second-order valence-corrected chi connectivity index (χ2v) is 14.2. The van der Waals surface area contributed by atoms with Crippen molar-refractivity contribution in [1.29, 1.82) is 0 Å². The van der Waals surface area contributed by atoms with Gasteiger partial charge in [0, 0.05) is 44.5 Å². The van der Waals surface area contributed by atoms with Gasteiger partial charge in [-0.25, -0.2) is 13.1 Å². The van der Waals surface area contributed by atoms with Gasteiger partial charge in [0.2, 0.25) is 21.8 Å². The molecule has 12 nitrogen and oxygen atoms in total. The summed E-state index contributed by atoms with van der Waals surface area (Å²) < 4.78 is 27.7. The molecule has 2 saturated heterocycles. The molecule has 2 aliphatic rings. The van der Waals surface area contributed by atoms with Crippen LogP contribution in [0.4, 0.5) is 0 Å². The summed E-state index contributed by atoms with van der Waals surface area (Å²) >= 11 is 0. The zero-order valence-electron chi connectivity index (χ0n) is 26.1. The number of unbranched alkanes of at least 4 members (excludes halogenated alkanes) is 1. The Morgan fingerprint density at radius 2 is 1.77 bits per heavy atom. The number of piperidine rings is 1. The number of likely N-dealkylation sites (tertiary alicyclic amines) is 1. The van der Waals surface area contributed by atoms with E-state index in [0.29, 0.717) is 39.0 Å². The van der Waals surface area contributed by atoms with Crippen LogP contribution >= 0.6 is 0 Å². The average Bonchev–Trinajstić information content (AvgIpc) is 3.27. The highest BCUT2D eigenvalue weighted by atomic mass is 32.2. The van der Waals surface area contributed by atoms with Gasteiger partial charge in [0.15, 0.2) is 0 Å². The number of sulfonamides is 1. The van der Waals surface area contributed by atoms with Crippen LogP contribution in [0.15, 0.2) is 29.2 Å².